The maximum Gasteiger partial charge on any atom is 0.312 e. The quantitative estimate of drug-likeness (QED) is 0.635. The smallest absolute Gasteiger partial charge is 0.312 e. The summed E-state index contributed by atoms with van der Waals surface area (Å²) in [5.41, 5.74) is 1.60. The lowest BCUT2D eigenvalue weighted by atomic mass is 10.1. The van der Waals surface area contributed by atoms with E-state index in [0.29, 0.717) is 6.42 Å². The van der Waals surface area contributed by atoms with Crippen molar-refractivity contribution in [1.82, 2.24) is 15.0 Å². The van der Waals surface area contributed by atoms with Crippen molar-refractivity contribution in [1.29, 1.82) is 0 Å². The Morgan fingerprint density at radius 1 is 1.75 bits per heavy atom. The van der Waals surface area contributed by atoms with Gasteiger partial charge in [0.1, 0.15) is 5.92 Å². The zero-order valence-corrected chi connectivity index (χ0v) is 6.69. The molecule has 0 amide bonds. The van der Waals surface area contributed by atoms with Crippen LogP contribution in [0.3, 0.4) is 0 Å². The molecule has 64 valence electrons. The molecule has 0 spiro atoms. The number of carboxylic acids is 1. The summed E-state index contributed by atoms with van der Waals surface area (Å²) in [7, 11) is 1.73. The summed E-state index contributed by atoms with van der Waals surface area (Å²) in [4.78, 5) is 10.7. The summed E-state index contributed by atoms with van der Waals surface area (Å²) in [5.74, 6) is -1.18. The first-order valence-corrected chi connectivity index (χ1v) is 3.81. The fourth-order valence-electron chi connectivity index (χ4n) is 1.67. The second-order valence-electron chi connectivity index (χ2n) is 2.97. The molecule has 0 aromatic carbocycles. The van der Waals surface area contributed by atoms with Crippen molar-refractivity contribution in [3.63, 3.8) is 0 Å². The molecule has 1 aliphatic carbocycles. The number of aryl methyl sites for hydroxylation is 2. The van der Waals surface area contributed by atoms with E-state index in [1.54, 1.807) is 11.7 Å². The van der Waals surface area contributed by atoms with Crippen LogP contribution in [0.1, 0.15) is 23.7 Å². The van der Waals surface area contributed by atoms with Crippen molar-refractivity contribution in [3.05, 3.63) is 11.4 Å². The van der Waals surface area contributed by atoms with Crippen LogP contribution in [0, 0.1) is 0 Å². The molecule has 1 aromatic rings. The van der Waals surface area contributed by atoms with Gasteiger partial charge in [0.2, 0.25) is 0 Å². The van der Waals surface area contributed by atoms with Gasteiger partial charge in [-0.3, -0.25) is 9.48 Å². The van der Waals surface area contributed by atoms with E-state index >= 15 is 0 Å². The predicted molar refractivity (Wildman–Crippen MR) is 39.7 cm³/mol. The topological polar surface area (TPSA) is 68.0 Å². The molecule has 0 bridgehead atoms. The van der Waals surface area contributed by atoms with Crippen LogP contribution in [-0.4, -0.2) is 26.1 Å². The van der Waals surface area contributed by atoms with Gasteiger partial charge >= 0.3 is 5.97 Å². The fourth-order valence-corrected chi connectivity index (χ4v) is 1.67. The number of nitrogens with zero attached hydrogens (tertiary/aromatic N) is 3. The first kappa shape index (κ1) is 7.27. The lowest BCUT2D eigenvalue weighted by Crippen LogP contribution is -2.12. The van der Waals surface area contributed by atoms with Gasteiger partial charge in [0, 0.05) is 7.05 Å². The molecule has 12 heavy (non-hydrogen) atoms. The minimum absolute atomic E-state index is 0.403. The zero-order chi connectivity index (χ0) is 8.72. The Hall–Kier alpha value is -1.39. The highest BCUT2D eigenvalue weighted by atomic mass is 16.4. The van der Waals surface area contributed by atoms with Gasteiger partial charge in [-0.15, -0.1) is 5.10 Å². The molecule has 1 aromatic heterocycles. The van der Waals surface area contributed by atoms with Crippen LogP contribution < -0.4 is 0 Å². The second-order valence-corrected chi connectivity index (χ2v) is 2.97. The van der Waals surface area contributed by atoms with Crippen molar-refractivity contribution in [2.75, 3.05) is 0 Å². The highest BCUT2D eigenvalue weighted by Crippen LogP contribution is 2.30. The average Bonchev–Trinajstić information content (AvgIpc) is 2.53. The minimum atomic E-state index is -0.779. The Bertz CT molecular complexity index is 331. The lowest BCUT2D eigenvalue weighted by Gasteiger charge is -2.03. The van der Waals surface area contributed by atoms with Crippen LogP contribution in [0.15, 0.2) is 0 Å². The maximum absolute atomic E-state index is 10.7. The third-order valence-electron chi connectivity index (χ3n) is 2.24. The Labute approximate surface area is 69.0 Å². The van der Waals surface area contributed by atoms with Crippen LogP contribution in [0.4, 0.5) is 0 Å². The van der Waals surface area contributed by atoms with Gasteiger partial charge in [0.05, 0.1) is 11.4 Å². The number of hydrogen-bond acceptors (Lipinski definition) is 3. The van der Waals surface area contributed by atoms with Crippen molar-refractivity contribution in [2.45, 2.75) is 18.8 Å². The molecule has 1 heterocycles. The number of carbonyl (C=O) groups is 1. The summed E-state index contributed by atoms with van der Waals surface area (Å²) in [5, 5.41) is 16.5. The third kappa shape index (κ3) is 0.823. The highest BCUT2D eigenvalue weighted by Gasteiger charge is 2.32. The molecule has 1 N–H and O–H groups in total. The number of carboxylic acid groups (broad SMARTS) is 1. The first-order valence-electron chi connectivity index (χ1n) is 3.81. The zero-order valence-electron chi connectivity index (χ0n) is 6.69. The number of rotatable bonds is 1. The van der Waals surface area contributed by atoms with E-state index in [-0.39, 0.29) is 0 Å². The molecule has 5 heteroatoms. The van der Waals surface area contributed by atoms with Crippen molar-refractivity contribution in [3.8, 4) is 0 Å². The second kappa shape index (κ2) is 2.30. The van der Waals surface area contributed by atoms with E-state index in [1.165, 1.54) is 0 Å². The number of aliphatic carboxylic acids is 1. The summed E-state index contributed by atoms with van der Waals surface area (Å²) in [6.07, 6.45) is 1.39. The minimum Gasteiger partial charge on any atom is -0.481 e. The van der Waals surface area contributed by atoms with Crippen LogP contribution in [0.25, 0.3) is 0 Å². The summed E-state index contributed by atoms with van der Waals surface area (Å²) in [6, 6.07) is 0. The molecule has 0 fully saturated rings. The van der Waals surface area contributed by atoms with E-state index in [4.69, 9.17) is 5.11 Å². The fraction of sp³-hybridized carbons (Fsp3) is 0.571. The van der Waals surface area contributed by atoms with Crippen LogP contribution >= 0.6 is 0 Å². The van der Waals surface area contributed by atoms with Gasteiger partial charge in [-0.2, -0.15) is 0 Å². The van der Waals surface area contributed by atoms with Gasteiger partial charge in [0.25, 0.3) is 0 Å². The van der Waals surface area contributed by atoms with Gasteiger partial charge in [-0.1, -0.05) is 5.21 Å². The van der Waals surface area contributed by atoms with E-state index in [2.05, 4.69) is 10.3 Å². The average molecular weight is 167 g/mol. The molecule has 2 rings (SSSR count). The standard InChI is InChI=1S/C7H9N3O2/c1-10-6-4(7(11)12)2-3-5(6)8-9-10/h4H,2-3H2,1H3,(H,11,12). The molecule has 1 unspecified atom stereocenters. The molecule has 1 atom stereocenters. The predicted octanol–water partition coefficient (Wildman–Crippen LogP) is -0.0705. The number of hydrogen-bond donors (Lipinski definition) is 1. The Balaban J connectivity index is 2.46. The first-order chi connectivity index (χ1) is 5.70. The van der Waals surface area contributed by atoms with Gasteiger partial charge in [-0.25, -0.2) is 0 Å². The number of aromatic nitrogens is 3. The van der Waals surface area contributed by atoms with Crippen LogP contribution in [-0.2, 0) is 18.3 Å². The van der Waals surface area contributed by atoms with Crippen LogP contribution in [0.5, 0.6) is 0 Å². The molecule has 0 saturated carbocycles. The maximum atomic E-state index is 10.7. The molecule has 1 aliphatic rings. The van der Waals surface area contributed by atoms with Gasteiger partial charge in [-0.05, 0) is 12.8 Å². The van der Waals surface area contributed by atoms with E-state index in [1.807, 2.05) is 0 Å². The summed E-state index contributed by atoms with van der Waals surface area (Å²) in [6.45, 7) is 0. The Morgan fingerprint density at radius 2 is 2.50 bits per heavy atom. The SMILES string of the molecule is Cn1nnc2c1C(C(=O)O)CC2. The largest absolute Gasteiger partial charge is 0.481 e. The lowest BCUT2D eigenvalue weighted by molar-refractivity contribution is -0.138. The number of fused-ring (bicyclic) bond motifs is 1. The van der Waals surface area contributed by atoms with E-state index in [9.17, 15) is 4.79 Å². The monoisotopic (exact) mass is 167 g/mol. The third-order valence-corrected chi connectivity index (χ3v) is 2.24. The van der Waals surface area contributed by atoms with Crippen molar-refractivity contribution < 1.29 is 9.90 Å². The normalized spacial score (nSPS) is 20.9. The van der Waals surface area contributed by atoms with Crippen LogP contribution in [0.2, 0.25) is 0 Å². The molecule has 0 aliphatic heterocycles. The Kier molecular flexibility index (Phi) is 1.39. The highest BCUT2D eigenvalue weighted by molar-refractivity contribution is 5.76. The molecule has 0 radical (unpaired) electrons. The van der Waals surface area contributed by atoms with E-state index < -0.39 is 11.9 Å². The van der Waals surface area contributed by atoms with Crippen molar-refractivity contribution in [2.24, 2.45) is 7.05 Å². The molecular weight excluding hydrogens is 158 g/mol. The Morgan fingerprint density at radius 3 is 3.17 bits per heavy atom. The van der Waals surface area contributed by atoms with Crippen molar-refractivity contribution >= 4 is 5.97 Å². The summed E-state index contributed by atoms with van der Waals surface area (Å²) >= 11 is 0. The molecule has 5 nitrogen and oxygen atoms in total. The summed E-state index contributed by atoms with van der Waals surface area (Å²) < 4.78 is 1.56. The van der Waals surface area contributed by atoms with Gasteiger partial charge in [0.15, 0.2) is 0 Å². The van der Waals surface area contributed by atoms with Gasteiger partial charge < -0.3 is 5.11 Å². The van der Waals surface area contributed by atoms with E-state index in [0.717, 1.165) is 17.8 Å². The molecule has 0 saturated heterocycles. The molecular formula is C7H9N3O2.